The van der Waals surface area contributed by atoms with Gasteiger partial charge in [-0.2, -0.15) is 26.3 Å². The van der Waals surface area contributed by atoms with Crippen LogP contribution in [-0.4, -0.2) is 18.3 Å². The minimum absolute atomic E-state index is 0.361. The van der Waals surface area contributed by atoms with Crippen LogP contribution < -0.4 is 0 Å². The number of hydrogen-bond donors (Lipinski definition) is 0. The number of rotatable bonds is 3. The first-order chi connectivity index (χ1) is 9.41. The van der Waals surface area contributed by atoms with Gasteiger partial charge in [-0.1, -0.05) is 24.3 Å². The summed E-state index contributed by atoms with van der Waals surface area (Å²) in [5, 5.41) is 0. The second kappa shape index (κ2) is 5.53. The van der Waals surface area contributed by atoms with Crippen molar-refractivity contribution in [2.45, 2.75) is 31.6 Å². The molecule has 0 fully saturated rings. The predicted octanol–water partition coefficient (Wildman–Crippen LogP) is 4.04. The first-order valence-electron chi connectivity index (χ1n) is 5.45. The quantitative estimate of drug-likeness (QED) is 0.621. The van der Waals surface area contributed by atoms with Crippen molar-refractivity contribution in [3.63, 3.8) is 0 Å². The van der Waals surface area contributed by atoms with Crippen LogP contribution >= 0.6 is 0 Å². The maximum Gasteiger partial charge on any atom is 0.435 e. The summed E-state index contributed by atoms with van der Waals surface area (Å²) in [4.78, 5) is 10.6. The molecule has 0 aliphatic rings. The molecular weight excluding hydrogens is 309 g/mol. The van der Waals surface area contributed by atoms with Crippen molar-refractivity contribution >= 4 is 5.97 Å². The number of halogens is 7. The number of alkyl halides is 7. The van der Waals surface area contributed by atoms with E-state index in [9.17, 15) is 35.5 Å². The van der Waals surface area contributed by atoms with E-state index in [-0.39, 0.29) is 0 Å². The molecule has 0 heterocycles. The first-order valence-corrected chi connectivity index (χ1v) is 5.45. The van der Waals surface area contributed by atoms with Gasteiger partial charge in [0.05, 0.1) is 0 Å². The Morgan fingerprint density at radius 2 is 1.48 bits per heavy atom. The van der Waals surface area contributed by atoms with Crippen LogP contribution in [0, 0.1) is 0 Å². The molecule has 0 saturated heterocycles. The number of carbonyl (C=O) groups is 1. The molecule has 1 aromatic carbocycles. The fourth-order valence-electron chi connectivity index (χ4n) is 1.63. The first kappa shape index (κ1) is 17.3. The molecule has 1 aromatic rings. The highest BCUT2D eigenvalue weighted by atomic mass is 19.4. The average molecular weight is 318 g/mol. The second-order valence-corrected chi connectivity index (χ2v) is 4.09. The number of hydrogen-bond acceptors (Lipinski definition) is 2. The van der Waals surface area contributed by atoms with Crippen molar-refractivity contribution in [1.29, 1.82) is 0 Å². The van der Waals surface area contributed by atoms with Crippen LogP contribution in [0.3, 0.4) is 0 Å². The molecule has 0 aliphatic heterocycles. The van der Waals surface area contributed by atoms with Crippen LogP contribution in [0.1, 0.15) is 18.1 Å². The highest BCUT2D eigenvalue weighted by Crippen LogP contribution is 2.53. The molecular formula is C12H9F7O2. The lowest BCUT2D eigenvalue weighted by molar-refractivity contribution is -0.349. The minimum atomic E-state index is -6.21. The monoisotopic (exact) mass is 318 g/mol. The molecule has 0 amide bonds. The van der Waals surface area contributed by atoms with Gasteiger partial charge in [-0.15, -0.1) is 0 Å². The Bertz CT molecular complexity index is 505. The average Bonchev–Trinajstić information content (AvgIpc) is 2.33. The van der Waals surface area contributed by atoms with E-state index in [0.29, 0.717) is 6.07 Å². The number of esters is 1. The fraction of sp³-hybridized carbons (Fsp3) is 0.417. The second-order valence-electron chi connectivity index (χ2n) is 4.09. The largest absolute Gasteiger partial charge is 0.461 e. The van der Waals surface area contributed by atoms with E-state index in [2.05, 4.69) is 4.74 Å². The molecule has 0 aliphatic carbocycles. The zero-order chi connectivity index (χ0) is 16.5. The molecule has 0 aromatic heterocycles. The van der Waals surface area contributed by atoms with Crippen LogP contribution in [0.25, 0.3) is 0 Å². The van der Waals surface area contributed by atoms with E-state index >= 15 is 0 Å². The van der Waals surface area contributed by atoms with E-state index in [1.54, 1.807) is 0 Å². The van der Waals surface area contributed by atoms with E-state index in [0.717, 1.165) is 25.1 Å². The maximum atomic E-state index is 13.9. The Kier molecular flexibility index (Phi) is 4.54. The summed E-state index contributed by atoms with van der Waals surface area (Å²) in [6.45, 7) is 0.0160. The normalized spacial score (nSPS) is 13.1. The van der Waals surface area contributed by atoms with Crippen molar-refractivity contribution in [3.05, 3.63) is 35.4 Å². The van der Waals surface area contributed by atoms with Crippen molar-refractivity contribution in [1.82, 2.24) is 0 Å². The molecule has 0 saturated carbocycles. The highest BCUT2D eigenvalue weighted by Gasteiger charge is 2.74. The van der Waals surface area contributed by atoms with Gasteiger partial charge in [0.25, 0.3) is 0 Å². The standard InChI is InChI=1S/C12H9F7O2/c1-7(20)21-6-8-4-2-3-5-9(8)10(13,11(14,15)16)12(17,18)19/h2-5H,6H2,1H3. The Hall–Kier alpha value is -1.80. The third kappa shape index (κ3) is 3.27. The summed E-state index contributed by atoms with van der Waals surface area (Å²) in [6.07, 6.45) is -12.4. The van der Waals surface area contributed by atoms with Gasteiger partial charge in [0.2, 0.25) is 0 Å². The molecule has 0 N–H and O–H groups in total. The fourth-order valence-corrected chi connectivity index (χ4v) is 1.63. The molecule has 118 valence electrons. The van der Waals surface area contributed by atoms with Crippen LogP contribution in [0.4, 0.5) is 30.7 Å². The SMILES string of the molecule is CC(=O)OCc1ccccc1C(F)(C(F)(F)F)C(F)(F)F. The third-order valence-electron chi connectivity index (χ3n) is 2.60. The lowest BCUT2D eigenvalue weighted by atomic mass is 9.90. The molecule has 9 heteroatoms. The summed E-state index contributed by atoms with van der Waals surface area (Å²) in [6, 6.07) is 3.12. The smallest absolute Gasteiger partial charge is 0.435 e. The van der Waals surface area contributed by atoms with Crippen molar-refractivity contribution in [2.75, 3.05) is 0 Å². The van der Waals surface area contributed by atoms with Gasteiger partial charge in [-0.05, 0) is 5.56 Å². The van der Waals surface area contributed by atoms with E-state index < -0.39 is 41.7 Å². The lowest BCUT2D eigenvalue weighted by Crippen LogP contribution is -2.51. The van der Waals surface area contributed by atoms with Crippen molar-refractivity contribution in [2.24, 2.45) is 0 Å². The Balaban J connectivity index is 3.43. The summed E-state index contributed by atoms with van der Waals surface area (Å²) in [5.74, 6) is -0.923. The lowest BCUT2D eigenvalue weighted by Gasteiger charge is -2.31. The maximum absolute atomic E-state index is 13.9. The Morgan fingerprint density at radius 1 is 1.00 bits per heavy atom. The summed E-state index contributed by atoms with van der Waals surface area (Å²) >= 11 is 0. The van der Waals surface area contributed by atoms with Gasteiger partial charge in [-0.25, -0.2) is 4.39 Å². The Morgan fingerprint density at radius 3 is 1.90 bits per heavy atom. The number of benzene rings is 1. The zero-order valence-electron chi connectivity index (χ0n) is 10.5. The summed E-state index contributed by atoms with van der Waals surface area (Å²) in [5.41, 5.74) is -7.91. The van der Waals surface area contributed by atoms with E-state index in [1.807, 2.05) is 0 Å². The number of ether oxygens (including phenoxy) is 1. The third-order valence-corrected chi connectivity index (χ3v) is 2.60. The van der Waals surface area contributed by atoms with Gasteiger partial charge >= 0.3 is 24.0 Å². The topological polar surface area (TPSA) is 26.3 Å². The molecule has 0 spiro atoms. The van der Waals surface area contributed by atoms with Crippen LogP contribution in [0.2, 0.25) is 0 Å². The predicted molar refractivity (Wildman–Crippen MR) is 56.8 cm³/mol. The zero-order valence-corrected chi connectivity index (χ0v) is 10.5. The van der Waals surface area contributed by atoms with Gasteiger partial charge in [-0.3, -0.25) is 4.79 Å². The molecule has 0 unspecified atom stereocenters. The molecule has 1 rings (SSSR count). The Labute approximate surface area is 114 Å². The van der Waals surface area contributed by atoms with Crippen LogP contribution in [0.5, 0.6) is 0 Å². The van der Waals surface area contributed by atoms with Gasteiger partial charge in [0, 0.05) is 12.5 Å². The molecule has 0 radical (unpaired) electrons. The van der Waals surface area contributed by atoms with Crippen molar-refractivity contribution in [3.8, 4) is 0 Å². The van der Waals surface area contributed by atoms with E-state index in [1.165, 1.54) is 0 Å². The number of carbonyl (C=O) groups excluding carboxylic acids is 1. The van der Waals surface area contributed by atoms with Crippen molar-refractivity contribution < 1.29 is 40.3 Å². The molecule has 21 heavy (non-hydrogen) atoms. The van der Waals surface area contributed by atoms with Gasteiger partial charge < -0.3 is 4.74 Å². The summed E-state index contributed by atoms with van der Waals surface area (Å²) < 4.78 is 94.3. The molecule has 0 bridgehead atoms. The molecule has 2 nitrogen and oxygen atoms in total. The van der Waals surface area contributed by atoms with Crippen LogP contribution in [0.15, 0.2) is 24.3 Å². The molecule has 0 atom stereocenters. The van der Waals surface area contributed by atoms with E-state index in [4.69, 9.17) is 0 Å². The van der Waals surface area contributed by atoms with Crippen LogP contribution in [-0.2, 0) is 21.8 Å². The van der Waals surface area contributed by atoms with Gasteiger partial charge in [0.15, 0.2) is 0 Å². The minimum Gasteiger partial charge on any atom is -0.461 e. The highest BCUT2D eigenvalue weighted by molar-refractivity contribution is 5.66. The van der Waals surface area contributed by atoms with Gasteiger partial charge in [0.1, 0.15) is 6.61 Å². The summed E-state index contributed by atoms with van der Waals surface area (Å²) in [7, 11) is 0.